The van der Waals surface area contributed by atoms with E-state index < -0.39 is 15.8 Å². The van der Waals surface area contributed by atoms with Crippen molar-refractivity contribution in [3.05, 3.63) is 47.0 Å². The molecular formula is C12H11ClFN3O2S. The molecule has 3 N–H and O–H groups in total. The van der Waals surface area contributed by atoms with Crippen LogP contribution in [-0.2, 0) is 10.0 Å². The number of aryl methyl sites for hydroxylation is 1. The molecule has 0 fully saturated rings. The second-order valence-corrected chi connectivity index (χ2v) is 6.16. The third-order valence-electron chi connectivity index (χ3n) is 2.54. The zero-order valence-electron chi connectivity index (χ0n) is 10.4. The smallest absolute Gasteiger partial charge is 0.262 e. The summed E-state index contributed by atoms with van der Waals surface area (Å²) < 4.78 is 39.6. The van der Waals surface area contributed by atoms with Crippen molar-refractivity contribution in [2.24, 2.45) is 0 Å². The van der Waals surface area contributed by atoms with Crippen LogP contribution in [0.4, 0.5) is 15.8 Å². The van der Waals surface area contributed by atoms with Crippen LogP contribution < -0.4 is 10.5 Å². The first-order valence-corrected chi connectivity index (χ1v) is 7.36. The van der Waals surface area contributed by atoms with E-state index >= 15 is 0 Å². The van der Waals surface area contributed by atoms with Crippen molar-refractivity contribution in [1.29, 1.82) is 0 Å². The van der Waals surface area contributed by atoms with Crippen molar-refractivity contribution in [2.75, 3.05) is 10.5 Å². The standard InChI is InChI=1S/C12H11ClFN3O2S/c1-7-4-8(6-16-12(7)13)17-20(18,19)9-2-3-10(14)11(15)5-9/h2-6,17H,15H2,1H3. The number of hydrogen-bond donors (Lipinski definition) is 2. The first kappa shape index (κ1) is 14.5. The van der Waals surface area contributed by atoms with Crippen molar-refractivity contribution < 1.29 is 12.8 Å². The van der Waals surface area contributed by atoms with E-state index in [1.807, 2.05) is 0 Å². The third kappa shape index (κ3) is 3.00. The number of hydrogen-bond acceptors (Lipinski definition) is 4. The maximum absolute atomic E-state index is 13.0. The van der Waals surface area contributed by atoms with Crippen molar-refractivity contribution >= 4 is 33.0 Å². The first-order chi connectivity index (χ1) is 9.29. The van der Waals surface area contributed by atoms with Gasteiger partial charge in [0.05, 0.1) is 22.5 Å². The van der Waals surface area contributed by atoms with Crippen LogP contribution in [0.2, 0.25) is 5.15 Å². The number of anilines is 2. The Balaban J connectivity index is 2.35. The summed E-state index contributed by atoms with van der Waals surface area (Å²) in [4.78, 5) is 3.71. The highest BCUT2D eigenvalue weighted by atomic mass is 35.5. The number of nitrogens with zero attached hydrogens (tertiary/aromatic N) is 1. The molecule has 5 nitrogen and oxygen atoms in total. The summed E-state index contributed by atoms with van der Waals surface area (Å²) in [6.45, 7) is 1.70. The predicted octanol–water partition coefficient (Wildman–Crippen LogP) is 2.57. The normalized spacial score (nSPS) is 11.3. The molecule has 20 heavy (non-hydrogen) atoms. The fourth-order valence-electron chi connectivity index (χ4n) is 1.52. The number of rotatable bonds is 3. The van der Waals surface area contributed by atoms with Gasteiger partial charge in [-0.1, -0.05) is 11.6 Å². The van der Waals surface area contributed by atoms with E-state index in [9.17, 15) is 12.8 Å². The highest BCUT2D eigenvalue weighted by molar-refractivity contribution is 7.92. The fraction of sp³-hybridized carbons (Fsp3) is 0.0833. The molecule has 0 atom stereocenters. The van der Waals surface area contributed by atoms with Gasteiger partial charge in [0.2, 0.25) is 0 Å². The summed E-state index contributed by atoms with van der Waals surface area (Å²) in [5.41, 5.74) is 6.01. The molecule has 0 saturated heterocycles. The Morgan fingerprint density at radius 1 is 1.35 bits per heavy atom. The molecule has 0 saturated carbocycles. The first-order valence-electron chi connectivity index (χ1n) is 5.49. The molecule has 8 heteroatoms. The lowest BCUT2D eigenvalue weighted by Gasteiger charge is -2.09. The van der Waals surface area contributed by atoms with Crippen molar-refractivity contribution in [3.63, 3.8) is 0 Å². The maximum atomic E-state index is 13.0. The van der Waals surface area contributed by atoms with Crippen LogP contribution >= 0.6 is 11.6 Å². The molecule has 0 unspecified atom stereocenters. The van der Waals surface area contributed by atoms with E-state index in [1.54, 1.807) is 13.0 Å². The molecule has 0 amide bonds. The average Bonchev–Trinajstić information content (AvgIpc) is 2.37. The van der Waals surface area contributed by atoms with Gasteiger partial charge < -0.3 is 5.73 Å². The van der Waals surface area contributed by atoms with Gasteiger partial charge in [0.25, 0.3) is 10.0 Å². The lowest BCUT2D eigenvalue weighted by atomic mass is 10.3. The van der Waals surface area contributed by atoms with E-state index in [0.29, 0.717) is 10.7 Å². The van der Waals surface area contributed by atoms with Crippen molar-refractivity contribution in [2.45, 2.75) is 11.8 Å². The van der Waals surface area contributed by atoms with E-state index in [2.05, 4.69) is 9.71 Å². The Hall–Kier alpha value is -1.86. The van der Waals surface area contributed by atoms with Crippen LogP contribution in [0.25, 0.3) is 0 Å². The average molecular weight is 316 g/mol. The van der Waals surface area contributed by atoms with Crippen LogP contribution in [0.3, 0.4) is 0 Å². The molecule has 2 aromatic rings. The Labute approximate surface area is 120 Å². The van der Waals surface area contributed by atoms with Crippen molar-refractivity contribution in [1.82, 2.24) is 4.98 Å². The molecule has 0 aliphatic carbocycles. The number of benzene rings is 1. The Morgan fingerprint density at radius 2 is 2.05 bits per heavy atom. The maximum Gasteiger partial charge on any atom is 0.262 e. The van der Waals surface area contributed by atoms with Gasteiger partial charge in [-0.25, -0.2) is 17.8 Å². The Bertz CT molecular complexity index is 765. The lowest BCUT2D eigenvalue weighted by Crippen LogP contribution is -2.13. The van der Waals surface area contributed by atoms with Crippen LogP contribution in [-0.4, -0.2) is 13.4 Å². The molecule has 0 radical (unpaired) electrons. The third-order valence-corrected chi connectivity index (χ3v) is 4.32. The van der Waals surface area contributed by atoms with Gasteiger partial charge in [0.1, 0.15) is 11.0 Å². The van der Waals surface area contributed by atoms with Gasteiger partial charge >= 0.3 is 0 Å². The van der Waals surface area contributed by atoms with Gasteiger partial charge in [0.15, 0.2) is 0 Å². The van der Waals surface area contributed by atoms with Crippen LogP contribution in [0.5, 0.6) is 0 Å². The molecule has 1 aromatic carbocycles. The molecular weight excluding hydrogens is 305 g/mol. The SMILES string of the molecule is Cc1cc(NS(=O)(=O)c2ccc(F)c(N)c2)cnc1Cl. The molecule has 0 bridgehead atoms. The summed E-state index contributed by atoms with van der Waals surface area (Å²) in [5, 5.41) is 0.291. The minimum Gasteiger partial charge on any atom is -0.396 e. The Kier molecular flexibility index (Phi) is 3.82. The monoisotopic (exact) mass is 315 g/mol. The highest BCUT2D eigenvalue weighted by Gasteiger charge is 2.16. The molecule has 106 valence electrons. The van der Waals surface area contributed by atoms with Crippen LogP contribution in [0.15, 0.2) is 35.4 Å². The van der Waals surface area contributed by atoms with Gasteiger partial charge in [-0.3, -0.25) is 4.72 Å². The summed E-state index contributed by atoms with van der Waals surface area (Å²) >= 11 is 5.76. The second-order valence-electron chi connectivity index (χ2n) is 4.12. The number of nitrogens with two attached hydrogens (primary N) is 1. The van der Waals surface area contributed by atoms with Crippen LogP contribution in [0, 0.1) is 12.7 Å². The zero-order valence-corrected chi connectivity index (χ0v) is 12.0. The largest absolute Gasteiger partial charge is 0.396 e. The molecule has 0 aliphatic heterocycles. The second kappa shape index (κ2) is 5.26. The molecule has 1 heterocycles. The van der Waals surface area contributed by atoms with E-state index in [0.717, 1.165) is 18.2 Å². The van der Waals surface area contributed by atoms with Gasteiger partial charge in [-0.2, -0.15) is 0 Å². The Morgan fingerprint density at radius 3 is 2.65 bits per heavy atom. The highest BCUT2D eigenvalue weighted by Crippen LogP contribution is 2.21. The quantitative estimate of drug-likeness (QED) is 0.673. The zero-order chi connectivity index (χ0) is 14.9. The predicted molar refractivity (Wildman–Crippen MR) is 75.6 cm³/mol. The van der Waals surface area contributed by atoms with Gasteiger partial charge in [-0.05, 0) is 36.8 Å². The topological polar surface area (TPSA) is 85.1 Å². The van der Waals surface area contributed by atoms with Crippen LogP contribution in [0.1, 0.15) is 5.56 Å². The molecule has 0 spiro atoms. The lowest BCUT2D eigenvalue weighted by molar-refractivity contribution is 0.600. The number of nitrogen functional groups attached to an aromatic ring is 1. The summed E-state index contributed by atoms with van der Waals surface area (Å²) in [6.07, 6.45) is 1.29. The molecule has 2 rings (SSSR count). The number of nitrogens with one attached hydrogen (secondary N) is 1. The van der Waals surface area contributed by atoms with E-state index in [-0.39, 0.29) is 16.3 Å². The van der Waals surface area contributed by atoms with Crippen molar-refractivity contribution in [3.8, 4) is 0 Å². The molecule has 0 aliphatic rings. The summed E-state index contributed by atoms with van der Waals surface area (Å²) in [7, 11) is -3.86. The van der Waals surface area contributed by atoms with E-state index in [4.69, 9.17) is 17.3 Å². The minimum absolute atomic E-state index is 0.135. The summed E-state index contributed by atoms with van der Waals surface area (Å²) in [6, 6.07) is 4.72. The van der Waals surface area contributed by atoms with E-state index in [1.165, 1.54) is 6.20 Å². The number of sulfonamides is 1. The van der Waals surface area contributed by atoms with Gasteiger partial charge in [0, 0.05) is 0 Å². The number of pyridine rings is 1. The number of aromatic nitrogens is 1. The van der Waals surface area contributed by atoms with Gasteiger partial charge in [-0.15, -0.1) is 0 Å². The molecule has 1 aromatic heterocycles. The fourth-order valence-corrected chi connectivity index (χ4v) is 2.69. The minimum atomic E-state index is -3.86. The summed E-state index contributed by atoms with van der Waals surface area (Å²) in [5.74, 6) is -0.673. The number of halogens is 2.